The van der Waals surface area contributed by atoms with Crippen molar-refractivity contribution in [3.8, 4) is 0 Å². The third-order valence-corrected chi connectivity index (χ3v) is 4.23. The Kier molecular flexibility index (Phi) is 7.03. The fraction of sp³-hybridized carbons (Fsp3) is 0.778. The second kappa shape index (κ2) is 7.42. The normalized spacial score (nSPS) is 16.1. The van der Waals surface area contributed by atoms with Crippen molar-refractivity contribution in [1.82, 2.24) is 0 Å². The lowest BCUT2D eigenvalue weighted by Gasteiger charge is -2.12. The summed E-state index contributed by atoms with van der Waals surface area (Å²) in [4.78, 5) is 30.1. The Morgan fingerprint density at radius 3 is 2.24 bits per heavy atom. The van der Waals surface area contributed by atoms with Gasteiger partial charge in [0.1, 0.15) is 6.04 Å². The first kappa shape index (κ1) is 16.1. The number of carboxylic acids is 2. The molecule has 0 radical (unpaired) electrons. The van der Waals surface area contributed by atoms with E-state index in [1.807, 2.05) is 0 Å². The zero-order valence-corrected chi connectivity index (χ0v) is 10.3. The van der Waals surface area contributed by atoms with Gasteiger partial charge in [-0.2, -0.15) is 0 Å². The summed E-state index contributed by atoms with van der Waals surface area (Å²) in [6, 6.07) is -1.13. The van der Waals surface area contributed by atoms with Crippen molar-refractivity contribution in [2.75, 3.05) is 12.3 Å². The second-order valence-corrected chi connectivity index (χ2v) is 6.46. The van der Waals surface area contributed by atoms with E-state index < -0.39 is 25.3 Å². The van der Waals surface area contributed by atoms with E-state index in [4.69, 9.17) is 15.9 Å². The molecule has 1 unspecified atom stereocenters. The minimum absolute atomic E-state index is 0.00657. The van der Waals surface area contributed by atoms with Crippen LogP contribution in [0.15, 0.2) is 0 Å². The molecule has 17 heavy (non-hydrogen) atoms. The van der Waals surface area contributed by atoms with Crippen LogP contribution in [0.25, 0.3) is 0 Å². The first-order valence-corrected chi connectivity index (χ1v) is 7.28. The molecule has 8 heteroatoms. The highest BCUT2D eigenvalue weighted by Crippen LogP contribution is 2.42. The van der Waals surface area contributed by atoms with E-state index in [0.717, 1.165) is 0 Å². The predicted molar refractivity (Wildman–Crippen MR) is 61.3 cm³/mol. The van der Waals surface area contributed by atoms with Crippen LogP contribution < -0.4 is 5.73 Å². The van der Waals surface area contributed by atoms with Gasteiger partial charge in [-0.3, -0.25) is 14.2 Å². The molecule has 0 heterocycles. The Morgan fingerprint density at radius 2 is 1.76 bits per heavy atom. The fourth-order valence-electron chi connectivity index (χ4n) is 1.21. The van der Waals surface area contributed by atoms with Crippen molar-refractivity contribution >= 4 is 19.3 Å². The monoisotopic (exact) mass is 267 g/mol. The van der Waals surface area contributed by atoms with Crippen molar-refractivity contribution in [2.24, 2.45) is 5.73 Å². The number of carboxylic acid groups (broad SMARTS) is 2. The van der Waals surface area contributed by atoms with Gasteiger partial charge in [0.25, 0.3) is 0 Å². The Balaban J connectivity index is 3.84. The first-order valence-electron chi connectivity index (χ1n) is 5.25. The number of rotatable bonds is 9. The summed E-state index contributed by atoms with van der Waals surface area (Å²) in [6.07, 6.45) is 0.449. The largest absolute Gasteiger partial charge is 0.481 e. The van der Waals surface area contributed by atoms with Gasteiger partial charge >= 0.3 is 11.9 Å². The van der Waals surface area contributed by atoms with E-state index in [2.05, 4.69) is 0 Å². The van der Waals surface area contributed by atoms with Gasteiger partial charge in [-0.25, -0.2) is 0 Å². The maximum absolute atomic E-state index is 11.5. The second-order valence-electron chi connectivity index (χ2n) is 3.88. The van der Waals surface area contributed by atoms with Gasteiger partial charge in [0, 0.05) is 18.7 Å². The van der Waals surface area contributed by atoms with Crippen LogP contribution >= 0.6 is 7.37 Å². The molecule has 0 amide bonds. The highest BCUT2D eigenvalue weighted by Gasteiger charge is 2.21. The van der Waals surface area contributed by atoms with Crippen molar-refractivity contribution in [3.63, 3.8) is 0 Å². The molecule has 0 bridgehead atoms. The van der Waals surface area contributed by atoms with Gasteiger partial charge in [-0.1, -0.05) is 0 Å². The zero-order chi connectivity index (χ0) is 13.5. The summed E-state index contributed by atoms with van der Waals surface area (Å²) in [5.41, 5.74) is 5.21. The van der Waals surface area contributed by atoms with Crippen LogP contribution in [-0.4, -0.2) is 45.4 Å². The summed E-state index contributed by atoms with van der Waals surface area (Å²) in [5, 5.41) is 16.9. The molecule has 0 saturated heterocycles. The number of hydrogen-bond donors (Lipinski definition) is 4. The minimum atomic E-state index is -3.38. The maximum atomic E-state index is 11.5. The Hall–Kier alpha value is -0.910. The van der Waals surface area contributed by atoms with Gasteiger partial charge in [-0.05, 0) is 19.3 Å². The van der Waals surface area contributed by atoms with Gasteiger partial charge < -0.3 is 20.8 Å². The molecule has 0 aliphatic carbocycles. The third-order valence-electron chi connectivity index (χ3n) is 2.25. The van der Waals surface area contributed by atoms with Crippen LogP contribution in [0.4, 0.5) is 0 Å². The van der Waals surface area contributed by atoms with E-state index in [0.29, 0.717) is 12.8 Å². The molecule has 0 aliphatic rings. The van der Waals surface area contributed by atoms with Crippen molar-refractivity contribution in [2.45, 2.75) is 31.7 Å². The van der Waals surface area contributed by atoms with Gasteiger partial charge in [-0.15, -0.1) is 0 Å². The average Bonchev–Trinajstić information content (AvgIpc) is 2.21. The third kappa shape index (κ3) is 8.85. The Labute approximate surface area is 99.1 Å². The molecule has 0 aromatic carbocycles. The molecule has 0 aromatic heterocycles. The van der Waals surface area contributed by atoms with E-state index in [1.54, 1.807) is 0 Å². The smallest absolute Gasteiger partial charge is 0.320 e. The van der Waals surface area contributed by atoms with Gasteiger partial charge in [0.2, 0.25) is 7.37 Å². The summed E-state index contributed by atoms with van der Waals surface area (Å²) in [6.45, 7) is 0. The van der Waals surface area contributed by atoms with Crippen LogP contribution in [0.5, 0.6) is 0 Å². The van der Waals surface area contributed by atoms with Crippen molar-refractivity contribution in [3.05, 3.63) is 0 Å². The molecular weight excluding hydrogens is 249 g/mol. The van der Waals surface area contributed by atoms with Gasteiger partial charge in [0.05, 0.1) is 0 Å². The molecule has 0 aliphatic heterocycles. The molecule has 0 saturated carbocycles. The molecule has 0 rings (SSSR count). The van der Waals surface area contributed by atoms with Crippen LogP contribution in [0, 0.1) is 0 Å². The molecular formula is C9H18NO6P. The summed E-state index contributed by atoms with van der Waals surface area (Å²) < 4.78 is 11.5. The summed E-state index contributed by atoms with van der Waals surface area (Å²) >= 11 is 0. The van der Waals surface area contributed by atoms with E-state index in [-0.39, 0.29) is 25.2 Å². The van der Waals surface area contributed by atoms with Crippen LogP contribution in [-0.2, 0) is 14.2 Å². The maximum Gasteiger partial charge on any atom is 0.320 e. The number of carbonyl (C=O) groups is 2. The quantitative estimate of drug-likeness (QED) is 0.348. The zero-order valence-electron chi connectivity index (χ0n) is 9.41. The van der Waals surface area contributed by atoms with Crippen LogP contribution in [0.1, 0.15) is 25.7 Å². The lowest BCUT2D eigenvalue weighted by molar-refractivity contribution is -0.139. The first-order chi connectivity index (χ1) is 7.74. The van der Waals surface area contributed by atoms with E-state index in [1.165, 1.54) is 0 Å². The van der Waals surface area contributed by atoms with E-state index >= 15 is 0 Å². The SMILES string of the molecule is N[C@H](CCP(=O)(O)CCCCC(=O)O)C(=O)O. The number of aliphatic carboxylic acids is 2. The van der Waals surface area contributed by atoms with Crippen LogP contribution in [0.3, 0.4) is 0 Å². The molecule has 100 valence electrons. The highest BCUT2D eigenvalue weighted by atomic mass is 31.2. The molecule has 2 atom stereocenters. The summed E-state index contributed by atoms with van der Waals surface area (Å²) in [5.74, 6) is -2.14. The molecule has 0 fully saturated rings. The van der Waals surface area contributed by atoms with Crippen LogP contribution in [0.2, 0.25) is 0 Å². The van der Waals surface area contributed by atoms with Gasteiger partial charge in [0.15, 0.2) is 0 Å². The topological polar surface area (TPSA) is 138 Å². The predicted octanol–water partition coefficient (Wildman–Crippen LogP) is 0.314. The minimum Gasteiger partial charge on any atom is -0.481 e. The standard InChI is InChI=1S/C9H18NO6P/c10-7(9(13)14)4-6-17(15,16)5-2-1-3-8(11)12/h7H,1-6,10H2,(H,11,12)(H,13,14)(H,15,16)/t7-/m1/s1. The average molecular weight is 267 g/mol. The molecule has 7 nitrogen and oxygen atoms in total. The number of unbranched alkanes of at least 4 members (excludes halogenated alkanes) is 1. The number of hydrogen-bond acceptors (Lipinski definition) is 4. The lowest BCUT2D eigenvalue weighted by atomic mass is 10.2. The van der Waals surface area contributed by atoms with Crippen molar-refractivity contribution < 1.29 is 29.3 Å². The molecule has 0 spiro atoms. The molecule has 5 N–H and O–H groups in total. The Bertz CT molecular complexity index is 319. The summed E-state index contributed by atoms with van der Waals surface area (Å²) in [7, 11) is -3.38. The van der Waals surface area contributed by atoms with Crippen molar-refractivity contribution in [1.29, 1.82) is 0 Å². The fourth-order valence-corrected chi connectivity index (χ4v) is 2.83. The molecule has 0 aromatic rings. The highest BCUT2D eigenvalue weighted by molar-refractivity contribution is 7.57. The van der Waals surface area contributed by atoms with E-state index in [9.17, 15) is 19.0 Å². The Morgan fingerprint density at radius 1 is 1.18 bits per heavy atom. The lowest BCUT2D eigenvalue weighted by Crippen LogP contribution is -2.30. The number of nitrogens with two attached hydrogens (primary N) is 1.